The molecule has 8 nitrogen and oxygen atoms in total. The number of ether oxygens (including phenoxy) is 2. The number of carbonyl (C=O) groups is 1. The Morgan fingerprint density at radius 1 is 1.17 bits per heavy atom. The van der Waals surface area contributed by atoms with Crippen LogP contribution >= 0.6 is 0 Å². The Kier molecular flexibility index (Phi) is 6.66. The van der Waals surface area contributed by atoms with Gasteiger partial charge in [-0.2, -0.15) is 5.10 Å². The van der Waals surface area contributed by atoms with E-state index in [1.165, 1.54) is 5.56 Å². The van der Waals surface area contributed by atoms with Crippen molar-refractivity contribution >= 4 is 16.8 Å². The van der Waals surface area contributed by atoms with Gasteiger partial charge in [0.15, 0.2) is 11.6 Å². The molecule has 0 spiro atoms. The summed E-state index contributed by atoms with van der Waals surface area (Å²) in [5, 5.41) is 7.24. The highest BCUT2D eigenvalue weighted by Gasteiger charge is 2.20. The molecule has 35 heavy (non-hydrogen) atoms. The van der Waals surface area contributed by atoms with Crippen LogP contribution in [0.15, 0.2) is 42.6 Å². The molecule has 0 saturated carbocycles. The smallest absolute Gasteiger partial charge is 0.171 e. The summed E-state index contributed by atoms with van der Waals surface area (Å²) in [6.45, 7) is 8.56. The first-order chi connectivity index (χ1) is 17.0. The third-order valence-electron chi connectivity index (χ3n) is 6.55. The Morgan fingerprint density at radius 2 is 2.00 bits per heavy atom. The van der Waals surface area contributed by atoms with Crippen molar-refractivity contribution in [3.05, 3.63) is 64.8 Å². The fourth-order valence-electron chi connectivity index (χ4n) is 4.51. The number of carbonyl (C=O) groups excluding carboxylic acids is 1. The second-order valence-electron chi connectivity index (χ2n) is 9.31. The lowest BCUT2D eigenvalue weighted by Crippen LogP contribution is -2.35. The van der Waals surface area contributed by atoms with Crippen LogP contribution < -0.4 is 4.74 Å². The number of imidazole rings is 1. The molecule has 2 N–H and O–H groups in total. The summed E-state index contributed by atoms with van der Waals surface area (Å²) in [5.41, 5.74) is 6.28. The number of aromatic amines is 2. The molecule has 4 aromatic rings. The summed E-state index contributed by atoms with van der Waals surface area (Å²) >= 11 is 0. The van der Waals surface area contributed by atoms with Gasteiger partial charge in [-0.25, -0.2) is 4.98 Å². The quantitative estimate of drug-likeness (QED) is 0.370. The first-order valence-corrected chi connectivity index (χ1v) is 12.0. The lowest BCUT2D eigenvalue weighted by Gasteiger charge is -2.26. The average Bonchev–Trinajstić information content (AvgIpc) is 3.50. The molecule has 182 valence electrons. The number of morpholine rings is 1. The number of hydrogen-bond acceptors (Lipinski definition) is 6. The van der Waals surface area contributed by atoms with Crippen molar-refractivity contribution in [3.8, 4) is 17.3 Å². The number of nitrogens with zero attached hydrogens (tertiary/aromatic N) is 3. The molecule has 0 amide bonds. The van der Waals surface area contributed by atoms with Gasteiger partial charge in [0, 0.05) is 31.6 Å². The maximum atomic E-state index is 13.3. The number of fused-ring (bicyclic) bond motifs is 1. The molecule has 0 aliphatic carbocycles. The molecule has 1 aliphatic heterocycles. The summed E-state index contributed by atoms with van der Waals surface area (Å²) in [7, 11) is 1.59. The number of benzene rings is 2. The second kappa shape index (κ2) is 10.0. The highest BCUT2D eigenvalue weighted by Crippen LogP contribution is 2.28. The van der Waals surface area contributed by atoms with Gasteiger partial charge in [0.05, 0.1) is 43.1 Å². The minimum absolute atomic E-state index is 0.0177. The summed E-state index contributed by atoms with van der Waals surface area (Å²) in [4.78, 5) is 23.9. The van der Waals surface area contributed by atoms with E-state index < -0.39 is 0 Å². The van der Waals surface area contributed by atoms with Crippen LogP contribution in [0.4, 0.5) is 0 Å². The standard InChI is InChI=1S/C27H31N5O3/c1-17(2)19-5-7-25(34-3)21(13-19)24(33)14-20-15-28-31-26(20)27-29-22-6-4-18(12-23(22)30-27)16-32-8-10-35-11-9-32/h4-7,12-13,15,17H,8-11,14,16H2,1-3H3,(H,28,31)(H,29,30). The molecule has 0 bridgehead atoms. The fourth-order valence-corrected chi connectivity index (χ4v) is 4.51. The number of rotatable bonds is 8. The molecule has 2 aromatic carbocycles. The number of H-pyrrole nitrogens is 2. The Morgan fingerprint density at radius 3 is 2.77 bits per heavy atom. The highest BCUT2D eigenvalue weighted by atomic mass is 16.5. The summed E-state index contributed by atoms with van der Waals surface area (Å²) in [6.07, 6.45) is 1.89. The van der Waals surface area contributed by atoms with E-state index in [-0.39, 0.29) is 12.2 Å². The van der Waals surface area contributed by atoms with Crippen molar-refractivity contribution in [3.63, 3.8) is 0 Å². The molecule has 3 heterocycles. The Bertz CT molecular complexity index is 1330. The Hall–Kier alpha value is -3.49. The molecule has 0 unspecified atom stereocenters. The maximum absolute atomic E-state index is 13.3. The van der Waals surface area contributed by atoms with Crippen LogP contribution in [0.2, 0.25) is 0 Å². The molecule has 0 radical (unpaired) electrons. The van der Waals surface area contributed by atoms with Gasteiger partial charge in [-0.05, 0) is 41.3 Å². The van der Waals surface area contributed by atoms with Crippen molar-refractivity contribution in [2.45, 2.75) is 32.7 Å². The molecule has 2 aromatic heterocycles. The zero-order valence-corrected chi connectivity index (χ0v) is 20.4. The van der Waals surface area contributed by atoms with Crippen LogP contribution in [-0.2, 0) is 17.7 Å². The van der Waals surface area contributed by atoms with E-state index >= 15 is 0 Å². The van der Waals surface area contributed by atoms with Crippen LogP contribution in [0.3, 0.4) is 0 Å². The Balaban J connectivity index is 1.38. The summed E-state index contributed by atoms with van der Waals surface area (Å²) in [5.74, 6) is 1.56. The van der Waals surface area contributed by atoms with Crippen molar-refractivity contribution in [1.29, 1.82) is 0 Å². The predicted octanol–water partition coefficient (Wildman–Crippen LogP) is 4.34. The zero-order valence-electron chi connectivity index (χ0n) is 20.4. The molecular formula is C27H31N5O3. The lowest BCUT2D eigenvalue weighted by atomic mass is 9.96. The minimum Gasteiger partial charge on any atom is -0.496 e. The van der Waals surface area contributed by atoms with Crippen LogP contribution in [0.5, 0.6) is 5.75 Å². The molecule has 1 fully saturated rings. The van der Waals surface area contributed by atoms with E-state index in [9.17, 15) is 4.79 Å². The van der Waals surface area contributed by atoms with Gasteiger partial charge in [0.25, 0.3) is 0 Å². The van der Waals surface area contributed by atoms with E-state index in [0.717, 1.165) is 60.7 Å². The van der Waals surface area contributed by atoms with E-state index in [2.05, 4.69) is 46.1 Å². The van der Waals surface area contributed by atoms with Gasteiger partial charge < -0.3 is 14.5 Å². The molecule has 5 rings (SSSR count). The van der Waals surface area contributed by atoms with Gasteiger partial charge in [-0.15, -0.1) is 0 Å². The predicted molar refractivity (Wildman–Crippen MR) is 135 cm³/mol. The molecule has 0 atom stereocenters. The van der Waals surface area contributed by atoms with E-state index in [4.69, 9.17) is 14.5 Å². The second-order valence-corrected chi connectivity index (χ2v) is 9.31. The van der Waals surface area contributed by atoms with Crippen LogP contribution in [-0.4, -0.2) is 64.3 Å². The van der Waals surface area contributed by atoms with E-state index in [0.29, 0.717) is 23.1 Å². The van der Waals surface area contributed by atoms with Gasteiger partial charge in [0.2, 0.25) is 0 Å². The number of hydrogen-bond donors (Lipinski definition) is 2. The number of methoxy groups -OCH3 is 1. The van der Waals surface area contributed by atoms with Crippen molar-refractivity contribution in [2.24, 2.45) is 0 Å². The van der Waals surface area contributed by atoms with Gasteiger partial charge >= 0.3 is 0 Å². The van der Waals surface area contributed by atoms with Crippen molar-refractivity contribution in [1.82, 2.24) is 25.1 Å². The van der Waals surface area contributed by atoms with Crippen molar-refractivity contribution < 1.29 is 14.3 Å². The average molecular weight is 474 g/mol. The van der Waals surface area contributed by atoms with Crippen LogP contribution in [0.1, 0.15) is 46.8 Å². The van der Waals surface area contributed by atoms with Crippen LogP contribution in [0, 0.1) is 0 Å². The van der Waals surface area contributed by atoms with Crippen LogP contribution in [0.25, 0.3) is 22.6 Å². The highest BCUT2D eigenvalue weighted by molar-refractivity contribution is 6.00. The van der Waals surface area contributed by atoms with Gasteiger partial charge in [0.1, 0.15) is 11.4 Å². The number of nitrogens with one attached hydrogen (secondary N) is 2. The molecule has 1 saturated heterocycles. The number of Topliss-reactive ketones (excluding diaryl/α,β-unsaturated/α-hetero) is 1. The SMILES string of the molecule is COc1ccc(C(C)C)cc1C(=O)Cc1cn[nH]c1-c1nc2ccc(CN3CCOCC3)cc2[nH]1. The van der Waals surface area contributed by atoms with Gasteiger partial charge in [-0.1, -0.05) is 26.0 Å². The number of aromatic nitrogens is 4. The van der Waals surface area contributed by atoms with E-state index in [1.54, 1.807) is 13.3 Å². The monoisotopic (exact) mass is 473 g/mol. The first kappa shape index (κ1) is 23.3. The van der Waals surface area contributed by atoms with Crippen molar-refractivity contribution in [2.75, 3.05) is 33.4 Å². The summed E-state index contributed by atoms with van der Waals surface area (Å²) in [6, 6.07) is 12.1. The Labute approximate surface area is 204 Å². The molecule has 1 aliphatic rings. The topological polar surface area (TPSA) is 96.1 Å². The maximum Gasteiger partial charge on any atom is 0.171 e. The third-order valence-corrected chi connectivity index (χ3v) is 6.55. The minimum atomic E-state index is -0.0177. The van der Waals surface area contributed by atoms with Gasteiger partial charge in [-0.3, -0.25) is 14.8 Å². The number of ketones is 1. The first-order valence-electron chi connectivity index (χ1n) is 12.0. The molecule has 8 heteroatoms. The zero-order chi connectivity index (χ0) is 24.4. The lowest BCUT2D eigenvalue weighted by molar-refractivity contribution is 0.0342. The summed E-state index contributed by atoms with van der Waals surface area (Å²) < 4.78 is 10.9. The third kappa shape index (κ3) is 4.99. The largest absolute Gasteiger partial charge is 0.496 e. The van der Waals surface area contributed by atoms with E-state index in [1.807, 2.05) is 24.3 Å². The fraction of sp³-hybridized carbons (Fsp3) is 0.370. The normalized spacial score (nSPS) is 14.6. The molecular weight excluding hydrogens is 442 g/mol.